The SMILES string of the molecule is CCOc1cc(C(=O)NC(C)(C)C)ccc1Nc1nc2ccc(-c3cccc(C(=O)NCC(C)(C)C)c3)cn2n1. The number of benzene rings is 2. The fourth-order valence-corrected chi connectivity index (χ4v) is 3.97. The van der Waals surface area contributed by atoms with Crippen molar-refractivity contribution >= 4 is 29.1 Å². The Bertz CT molecular complexity index is 1530. The highest BCUT2D eigenvalue weighted by atomic mass is 16.5. The maximum Gasteiger partial charge on any atom is 0.251 e. The van der Waals surface area contributed by atoms with Gasteiger partial charge in [0.15, 0.2) is 5.65 Å². The first-order valence-corrected chi connectivity index (χ1v) is 13.4. The van der Waals surface area contributed by atoms with Crippen LogP contribution in [-0.2, 0) is 0 Å². The third-order valence-corrected chi connectivity index (χ3v) is 5.85. The monoisotopic (exact) mass is 542 g/mol. The molecule has 9 heteroatoms. The number of nitrogens with zero attached hydrogens (tertiary/aromatic N) is 3. The van der Waals surface area contributed by atoms with E-state index in [-0.39, 0.29) is 22.8 Å². The molecule has 40 heavy (non-hydrogen) atoms. The molecule has 2 heterocycles. The number of pyridine rings is 1. The Kier molecular flexibility index (Phi) is 8.13. The van der Waals surface area contributed by atoms with E-state index in [0.717, 1.165) is 11.1 Å². The van der Waals surface area contributed by atoms with Crippen LogP contribution in [0.5, 0.6) is 5.75 Å². The number of ether oxygens (including phenoxy) is 1. The van der Waals surface area contributed by atoms with Crippen molar-refractivity contribution in [1.29, 1.82) is 0 Å². The summed E-state index contributed by atoms with van der Waals surface area (Å²) in [4.78, 5) is 29.9. The van der Waals surface area contributed by atoms with Gasteiger partial charge in [-0.05, 0) is 81.1 Å². The van der Waals surface area contributed by atoms with Crippen LogP contribution in [0.2, 0.25) is 0 Å². The number of carbonyl (C=O) groups is 2. The lowest BCUT2D eigenvalue weighted by Crippen LogP contribution is -2.40. The molecule has 9 nitrogen and oxygen atoms in total. The van der Waals surface area contributed by atoms with Gasteiger partial charge in [-0.3, -0.25) is 9.59 Å². The van der Waals surface area contributed by atoms with Gasteiger partial charge in [0.25, 0.3) is 11.8 Å². The van der Waals surface area contributed by atoms with Crippen LogP contribution in [0.3, 0.4) is 0 Å². The summed E-state index contributed by atoms with van der Waals surface area (Å²) in [6.45, 7) is 15.0. The number of hydrogen-bond acceptors (Lipinski definition) is 6. The molecule has 0 radical (unpaired) electrons. The fourth-order valence-electron chi connectivity index (χ4n) is 3.97. The summed E-state index contributed by atoms with van der Waals surface area (Å²) in [5.74, 6) is 0.650. The van der Waals surface area contributed by atoms with Crippen molar-refractivity contribution in [2.45, 2.75) is 54.0 Å². The molecule has 2 aromatic heterocycles. The molecule has 0 unspecified atom stereocenters. The van der Waals surface area contributed by atoms with Crippen LogP contribution in [0.15, 0.2) is 60.8 Å². The number of nitrogens with one attached hydrogen (secondary N) is 3. The minimum atomic E-state index is -0.348. The number of anilines is 2. The van der Waals surface area contributed by atoms with Gasteiger partial charge in [-0.2, -0.15) is 4.98 Å². The molecular formula is C31H38N6O3. The summed E-state index contributed by atoms with van der Waals surface area (Å²) in [5.41, 5.74) is 3.87. The average molecular weight is 543 g/mol. The predicted molar refractivity (Wildman–Crippen MR) is 158 cm³/mol. The Morgan fingerprint density at radius 3 is 2.35 bits per heavy atom. The number of rotatable bonds is 8. The van der Waals surface area contributed by atoms with E-state index in [2.05, 4.69) is 46.8 Å². The number of carbonyl (C=O) groups excluding carboxylic acids is 2. The van der Waals surface area contributed by atoms with Crippen molar-refractivity contribution in [3.8, 4) is 16.9 Å². The first-order valence-electron chi connectivity index (χ1n) is 13.4. The van der Waals surface area contributed by atoms with Crippen molar-refractivity contribution in [3.05, 3.63) is 71.9 Å². The molecule has 3 N–H and O–H groups in total. The molecule has 0 saturated carbocycles. The molecule has 0 fully saturated rings. The van der Waals surface area contributed by atoms with Gasteiger partial charge >= 0.3 is 0 Å². The standard InChI is InChI=1S/C31H38N6O3/c1-8-40-25-17-22(28(39)35-31(5,6)7)12-14-24(25)33-29-34-26-15-13-23(18-37(26)36-29)20-10-9-11-21(16-20)27(38)32-19-30(2,3)4/h9-18H,8,19H2,1-7H3,(H,32,38)(H,33,36)(H,35,39). The summed E-state index contributed by atoms with van der Waals surface area (Å²) in [6, 6.07) is 16.6. The van der Waals surface area contributed by atoms with Crippen LogP contribution >= 0.6 is 0 Å². The predicted octanol–water partition coefficient (Wildman–Crippen LogP) is 5.84. The van der Waals surface area contributed by atoms with Crippen LogP contribution < -0.4 is 20.7 Å². The van der Waals surface area contributed by atoms with Crippen LogP contribution in [0, 0.1) is 5.41 Å². The van der Waals surface area contributed by atoms with Crippen molar-refractivity contribution in [1.82, 2.24) is 25.2 Å². The first kappa shape index (κ1) is 28.6. The molecule has 0 bridgehead atoms. The molecule has 0 aliphatic carbocycles. The van der Waals surface area contributed by atoms with Gasteiger partial charge in [-0.25, -0.2) is 4.52 Å². The maximum atomic E-state index is 12.7. The van der Waals surface area contributed by atoms with Crippen LogP contribution in [0.1, 0.15) is 69.2 Å². The quantitative estimate of drug-likeness (QED) is 0.258. The van der Waals surface area contributed by atoms with Crippen molar-refractivity contribution in [2.24, 2.45) is 5.41 Å². The zero-order valence-electron chi connectivity index (χ0n) is 24.3. The number of hydrogen-bond donors (Lipinski definition) is 3. The summed E-state index contributed by atoms with van der Waals surface area (Å²) in [5, 5.41) is 13.8. The van der Waals surface area contributed by atoms with Gasteiger partial charge in [0, 0.05) is 35.0 Å². The number of fused-ring (bicyclic) bond motifs is 1. The van der Waals surface area contributed by atoms with Gasteiger partial charge < -0.3 is 20.7 Å². The Hall–Kier alpha value is -4.40. The molecule has 0 atom stereocenters. The van der Waals surface area contributed by atoms with E-state index in [4.69, 9.17) is 4.74 Å². The molecular weight excluding hydrogens is 504 g/mol. The molecule has 2 amide bonds. The molecule has 4 aromatic rings. The lowest BCUT2D eigenvalue weighted by Gasteiger charge is -2.21. The molecule has 210 valence electrons. The number of aromatic nitrogens is 3. The van der Waals surface area contributed by atoms with Gasteiger partial charge in [0.1, 0.15) is 5.75 Å². The zero-order valence-corrected chi connectivity index (χ0v) is 24.3. The second-order valence-corrected chi connectivity index (χ2v) is 12.0. The minimum Gasteiger partial charge on any atom is -0.492 e. The highest BCUT2D eigenvalue weighted by Crippen LogP contribution is 2.29. The smallest absolute Gasteiger partial charge is 0.251 e. The van der Waals surface area contributed by atoms with Gasteiger partial charge in [0.2, 0.25) is 5.95 Å². The molecule has 0 aliphatic rings. The van der Waals surface area contributed by atoms with E-state index in [1.807, 2.05) is 70.3 Å². The summed E-state index contributed by atoms with van der Waals surface area (Å²) < 4.78 is 7.50. The van der Waals surface area contributed by atoms with E-state index in [9.17, 15) is 9.59 Å². The average Bonchev–Trinajstić information content (AvgIpc) is 3.28. The van der Waals surface area contributed by atoms with Crippen LogP contribution in [-0.4, -0.2) is 45.1 Å². The second kappa shape index (κ2) is 11.4. The summed E-state index contributed by atoms with van der Waals surface area (Å²) in [7, 11) is 0. The highest BCUT2D eigenvalue weighted by molar-refractivity contribution is 5.96. The topological polar surface area (TPSA) is 110 Å². The van der Waals surface area contributed by atoms with Crippen molar-refractivity contribution < 1.29 is 14.3 Å². The summed E-state index contributed by atoms with van der Waals surface area (Å²) >= 11 is 0. The van der Waals surface area contributed by atoms with E-state index in [1.54, 1.807) is 22.7 Å². The van der Waals surface area contributed by atoms with E-state index in [0.29, 0.717) is 47.3 Å². The largest absolute Gasteiger partial charge is 0.492 e. The summed E-state index contributed by atoms with van der Waals surface area (Å²) in [6.07, 6.45) is 1.88. The van der Waals surface area contributed by atoms with E-state index < -0.39 is 0 Å². The van der Waals surface area contributed by atoms with Crippen LogP contribution in [0.4, 0.5) is 11.6 Å². The van der Waals surface area contributed by atoms with Gasteiger partial charge in [-0.1, -0.05) is 32.9 Å². The maximum absolute atomic E-state index is 12.7. The highest BCUT2D eigenvalue weighted by Gasteiger charge is 2.18. The van der Waals surface area contributed by atoms with Crippen LogP contribution in [0.25, 0.3) is 16.8 Å². The lowest BCUT2D eigenvalue weighted by molar-refractivity contribution is 0.0916. The second-order valence-electron chi connectivity index (χ2n) is 12.0. The lowest BCUT2D eigenvalue weighted by atomic mass is 9.96. The Labute approximate surface area is 235 Å². The van der Waals surface area contributed by atoms with E-state index in [1.165, 1.54) is 0 Å². The zero-order chi connectivity index (χ0) is 29.1. The fraction of sp³-hybridized carbons (Fsp3) is 0.355. The molecule has 0 saturated heterocycles. The third-order valence-electron chi connectivity index (χ3n) is 5.85. The normalized spacial score (nSPS) is 11.8. The third kappa shape index (κ3) is 7.37. The Balaban J connectivity index is 1.55. The molecule has 4 rings (SSSR count). The van der Waals surface area contributed by atoms with Crippen molar-refractivity contribution in [2.75, 3.05) is 18.5 Å². The minimum absolute atomic E-state index is 0.00347. The number of amides is 2. The van der Waals surface area contributed by atoms with Crippen molar-refractivity contribution in [3.63, 3.8) is 0 Å². The van der Waals surface area contributed by atoms with Gasteiger partial charge in [0.05, 0.1) is 12.3 Å². The van der Waals surface area contributed by atoms with E-state index >= 15 is 0 Å². The Morgan fingerprint density at radius 1 is 0.900 bits per heavy atom. The Morgan fingerprint density at radius 2 is 1.65 bits per heavy atom. The molecule has 0 aliphatic heterocycles. The van der Waals surface area contributed by atoms with Gasteiger partial charge in [-0.15, -0.1) is 5.10 Å². The molecule has 0 spiro atoms. The first-order chi connectivity index (χ1) is 18.8. The molecule has 2 aromatic carbocycles.